The highest BCUT2D eigenvalue weighted by Crippen LogP contribution is 2.39. The topological polar surface area (TPSA) is 54.5 Å². The van der Waals surface area contributed by atoms with E-state index in [0.717, 1.165) is 41.5 Å². The maximum Gasteiger partial charge on any atom is 0.226 e. The summed E-state index contributed by atoms with van der Waals surface area (Å²) in [6.07, 6.45) is 4.10. The number of rotatable bonds is 11. The van der Waals surface area contributed by atoms with E-state index in [0.29, 0.717) is 25.8 Å². The average Bonchev–Trinajstić information content (AvgIpc) is 3.18. The molecule has 1 aliphatic rings. The molecule has 3 rings (SSSR count). The van der Waals surface area contributed by atoms with Gasteiger partial charge in [-0.15, -0.1) is 0 Å². The summed E-state index contributed by atoms with van der Waals surface area (Å²) in [5.74, 6) is -0.262. The molecule has 4 heteroatoms. The van der Waals surface area contributed by atoms with E-state index >= 15 is 0 Å². The van der Waals surface area contributed by atoms with Crippen LogP contribution in [-0.4, -0.2) is 35.0 Å². The first-order valence-electron chi connectivity index (χ1n) is 13.5. The lowest BCUT2D eigenvalue weighted by Gasteiger charge is -2.35. The molecule has 3 unspecified atom stereocenters. The number of carbonyl (C=O) groups is 3. The van der Waals surface area contributed by atoms with Crippen molar-refractivity contribution in [2.24, 2.45) is 17.3 Å². The second-order valence-electron chi connectivity index (χ2n) is 11.4. The monoisotopic (exact) mass is 489 g/mol. The fraction of sp³-hybridized carbons (Fsp3) is 0.531. The number of aryl methyl sites for hydroxylation is 1. The highest BCUT2D eigenvalue weighted by Gasteiger charge is 2.47. The van der Waals surface area contributed by atoms with E-state index in [1.807, 2.05) is 62.1 Å². The Balaban J connectivity index is 1.87. The molecule has 2 aromatic rings. The van der Waals surface area contributed by atoms with E-state index in [9.17, 15) is 14.4 Å². The van der Waals surface area contributed by atoms with Gasteiger partial charge in [0.2, 0.25) is 5.91 Å². The number of unbranched alkanes of at least 4 members (excludes halogenated alkanes) is 1. The molecule has 0 spiro atoms. The second-order valence-corrected chi connectivity index (χ2v) is 11.4. The van der Waals surface area contributed by atoms with Crippen LogP contribution >= 0.6 is 0 Å². The van der Waals surface area contributed by atoms with Crippen LogP contribution in [0.3, 0.4) is 0 Å². The van der Waals surface area contributed by atoms with Crippen molar-refractivity contribution in [1.29, 1.82) is 0 Å². The molecule has 194 valence electrons. The zero-order chi connectivity index (χ0) is 26.5. The van der Waals surface area contributed by atoms with Gasteiger partial charge in [-0.25, -0.2) is 0 Å². The summed E-state index contributed by atoms with van der Waals surface area (Å²) in [7, 11) is 0. The van der Waals surface area contributed by atoms with Gasteiger partial charge in [0.05, 0.1) is 6.04 Å². The molecule has 0 saturated carbocycles. The van der Waals surface area contributed by atoms with Gasteiger partial charge in [0, 0.05) is 30.9 Å². The Morgan fingerprint density at radius 2 is 1.72 bits per heavy atom. The molecule has 1 amide bonds. The summed E-state index contributed by atoms with van der Waals surface area (Å²) in [6.45, 7) is 12.8. The summed E-state index contributed by atoms with van der Waals surface area (Å²) in [6, 6.07) is 15.5. The quantitative estimate of drug-likeness (QED) is 0.328. The lowest BCUT2D eigenvalue weighted by atomic mass is 9.79. The van der Waals surface area contributed by atoms with Crippen LogP contribution in [0.1, 0.15) is 86.8 Å². The van der Waals surface area contributed by atoms with Crippen molar-refractivity contribution in [2.75, 3.05) is 6.54 Å². The number of hydrogen-bond donors (Lipinski definition) is 0. The van der Waals surface area contributed by atoms with Gasteiger partial charge in [0.15, 0.2) is 11.6 Å². The molecule has 2 aromatic carbocycles. The van der Waals surface area contributed by atoms with Gasteiger partial charge in [0.25, 0.3) is 0 Å². The average molecular weight is 490 g/mol. The van der Waals surface area contributed by atoms with E-state index in [-0.39, 0.29) is 40.8 Å². The van der Waals surface area contributed by atoms with Gasteiger partial charge in [-0.1, -0.05) is 82.6 Å². The van der Waals surface area contributed by atoms with E-state index in [4.69, 9.17) is 0 Å². The van der Waals surface area contributed by atoms with Gasteiger partial charge in [-0.2, -0.15) is 0 Å². The van der Waals surface area contributed by atoms with Crippen LogP contribution in [0.25, 0.3) is 0 Å². The van der Waals surface area contributed by atoms with Crippen LogP contribution < -0.4 is 0 Å². The summed E-state index contributed by atoms with van der Waals surface area (Å²) in [5, 5.41) is 0. The Bertz CT molecular complexity index is 1070. The summed E-state index contributed by atoms with van der Waals surface area (Å²) in [4.78, 5) is 42.5. The predicted molar refractivity (Wildman–Crippen MR) is 146 cm³/mol. The molecule has 0 N–H and O–H groups in total. The molecule has 0 aromatic heterocycles. The smallest absolute Gasteiger partial charge is 0.226 e. The molecule has 0 bridgehead atoms. The Labute approximate surface area is 217 Å². The normalized spacial score (nSPS) is 18.6. The van der Waals surface area contributed by atoms with Crippen molar-refractivity contribution in [1.82, 2.24) is 4.90 Å². The first kappa shape index (κ1) is 27.8. The van der Waals surface area contributed by atoms with Gasteiger partial charge in [-0.3, -0.25) is 14.4 Å². The SMILES string of the molecule is CCCCC(=O)C1N(C(=O)C(C)C(CC(=O)c2cccc(C)c2C)Cc2ccccc2)CCC1(C)C. The third kappa shape index (κ3) is 6.32. The molecular formula is C32H43NO3. The fourth-order valence-electron chi connectivity index (χ4n) is 5.64. The summed E-state index contributed by atoms with van der Waals surface area (Å²) < 4.78 is 0. The highest BCUT2D eigenvalue weighted by atomic mass is 16.2. The number of Topliss-reactive ketones (excluding diaryl/α,β-unsaturated/α-hetero) is 2. The predicted octanol–water partition coefficient (Wildman–Crippen LogP) is 6.76. The molecule has 1 fully saturated rings. The number of ketones is 2. The minimum Gasteiger partial charge on any atom is -0.332 e. The zero-order valence-corrected chi connectivity index (χ0v) is 23.0. The molecule has 0 aliphatic carbocycles. The van der Waals surface area contributed by atoms with Crippen LogP contribution in [0.2, 0.25) is 0 Å². The highest BCUT2D eigenvalue weighted by molar-refractivity contribution is 5.98. The van der Waals surface area contributed by atoms with Crippen molar-refractivity contribution >= 4 is 17.5 Å². The Morgan fingerprint density at radius 1 is 1.03 bits per heavy atom. The van der Waals surface area contributed by atoms with Crippen molar-refractivity contribution in [2.45, 2.75) is 86.1 Å². The van der Waals surface area contributed by atoms with Crippen LogP contribution in [0.4, 0.5) is 0 Å². The van der Waals surface area contributed by atoms with Crippen molar-refractivity contribution in [3.8, 4) is 0 Å². The summed E-state index contributed by atoms with van der Waals surface area (Å²) in [5.41, 5.74) is 3.72. The van der Waals surface area contributed by atoms with E-state index in [2.05, 4.69) is 32.9 Å². The van der Waals surface area contributed by atoms with Crippen LogP contribution in [0, 0.1) is 31.1 Å². The van der Waals surface area contributed by atoms with E-state index in [1.165, 1.54) is 0 Å². The third-order valence-corrected chi connectivity index (χ3v) is 8.20. The van der Waals surface area contributed by atoms with Gasteiger partial charge < -0.3 is 4.90 Å². The number of benzene rings is 2. The van der Waals surface area contributed by atoms with Gasteiger partial charge >= 0.3 is 0 Å². The lowest BCUT2D eigenvalue weighted by Crippen LogP contribution is -2.49. The Hall–Kier alpha value is -2.75. The van der Waals surface area contributed by atoms with Gasteiger partial charge in [-0.05, 0) is 61.1 Å². The fourth-order valence-corrected chi connectivity index (χ4v) is 5.64. The standard InChI is InChI=1S/C32H43NO3/c1-7-8-17-28(34)30-32(5,6)18-19-33(30)31(36)24(4)26(20-25-14-10-9-11-15-25)21-29(35)27-16-12-13-22(2)23(27)3/h9-16,24,26,30H,7-8,17-21H2,1-6H3. The molecule has 1 heterocycles. The molecule has 3 atom stereocenters. The molecule has 0 radical (unpaired) electrons. The number of hydrogen-bond acceptors (Lipinski definition) is 3. The number of amides is 1. The Kier molecular flexibility index (Phi) is 9.27. The Morgan fingerprint density at radius 3 is 2.39 bits per heavy atom. The van der Waals surface area contributed by atoms with Crippen LogP contribution in [0.5, 0.6) is 0 Å². The van der Waals surface area contributed by atoms with E-state index in [1.54, 1.807) is 0 Å². The molecule has 1 saturated heterocycles. The first-order valence-corrected chi connectivity index (χ1v) is 13.5. The summed E-state index contributed by atoms with van der Waals surface area (Å²) >= 11 is 0. The second kappa shape index (κ2) is 12.0. The van der Waals surface area contributed by atoms with Crippen LogP contribution in [-0.2, 0) is 16.0 Å². The third-order valence-electron chi connectivity index (χ3n) is 8.20. The molecule has 36 heavy (non-hydrogen) atoms. The maximum atomic E-state index is 14.0. The maximum absolute atomic E-state index is 14.0. The van der Waals surface area contributed by atoms with E-state index < -0.39 is 0 Å². The molecular weight excluding hydrogens is 446 g/mol. The molecule has 1 aliphatic heterocycles. The van der Waals surface area contributed by atoms with Crippen LogP contribution in [0.15, 0.2) is 48.5 Å². The number of likely N-dealkylation sites (tertiary alicyclic amines) is 1. The van der Waals surface area contributed by atoms with Gasteiger partial charge in [0.1, 0.15) is 0 Å². The van der Waals surface area contributed by atoms with Crippen molar-refractivity contribution < 1.29 is 14.4 Å². The zero-order valence-electron chi connectivity index (χ0n) is 23.0. The lowest BCUT2D eigenvalue weighted by molar-refractivity contribution is -0.143. The molecule has 4 nitrogen and oxygen atoms in total. The largest absolute Gasteiger partial charge is 0.332 e. The van der Waals surface area contributed by atoms with Crippen molar-refractivity contribution in [3.05, 3.63) is 70.8 Å². The minimum absolute atomic E-state index is 0.00474. The van der Waals surface area contributed by atoms with Crippen molar-refractivity contribution in [3.63, 3.8) is 0 Å². The minimum atomic E-state index is -0.383. The number of nitrogens with zero attached hydrogens (tertiary/aromatic N) is 1. The first-order chi connectivity index (χ1) is 17.1. The number of carbonyl (C=O) groups excluding carboxylic acids is 3.